The minimum atomic E-state index is -0.747. The van der Waals surface area contributed by atoms with Gasteiger partial charge in [-0.05, 0) is 11.6 Å². The van der Waals surface area contributed by atoms with Gasteiger partial charge < -0.3 is 10.1 Å². The van der Waals surface area contributed by atoms with Crippen LogP contribution < -0.4 is 5.32 Å². The Bertz CT molecular complexity index is 797. The van der Waals surface area contributed by atoms with E-state index in [2.05, 4.69) is 17.2 Å². The molecule has 0 atom stereocenters. The molecule has 0 saturated heterocycles. The molecule has 0 aromatic heterocycles. The average molecular weight is 328 g/mol. The van der Waals surface area contributed by atoms with Gasteiger partial charge in [-0.2, -0.15) is 0 Å². The van der Waals surface area contributed by atoms with Gasteiger partial charge in [-0.1, -0.05) is 42.2 Å². The van der Waals surface area contributed by atoms with Crippen molar-refractivity contribution in [2.45, 2.75) is 6.61 Å². The average Bonchev–Trinajstić information content (AvgIpc) is 2.57. The van der Waals surface area contributed by atoms with Crippen LogP contribution in [0.4, 0.5) is 14.9 Å². The molecular weight excluding hydrogens is 315 g/mol. The van der Waals surface area contributed by atoms with Crippen molar-refractivity contribution in [1.82, 2.24) is 5.32 Å². The lowest BCUT2D eigenvalue weighted by Crippen LogP contribution is -2.24. The van der Waals surface area contributed by atoms with Crippen LogP contribution in [0.2, 0.25) is 0 Å². The fraction of sp³-hybridized carbons (Fsp3) is 0.118. The molecule has 6 nitrogen and oxygen atoms in total. The Balaban J connectivity index is 1.83. The fourth-order valence-corrected chi connectivity index (χ4v) is 1.79. The second-order valence-electron chi connectivity index (χ2n) is 4.67. The number of amides is 1. The predicted octanol–water partition coefficient (Wildman–Crippen LogP) is 3.01. The van der Waals surface area contributed by atoms with E-state index in [4.69, 9.17) is 4.74 Å². The number of ether oxygens (including phenoxy) is 1. The summed E-state index contributed by atoms with van der Waals surface area (Å²) >= 11 is 0. The summed E-state index contributed by atoms with van der Waals surface area (Å²) in [6.45, 7) is 0.105. The third-order valence-corrected chi connectivity index (χ3v) is 2.86. The van der Waals surface area contributed by atoms with Gasteiger partial charge in [0.05, 0.1) is 17.5 Å². The number of nitrogens with zero attached hydrogens (tertiary/aromatic N) is 1. The molecule has 2 rings (SSSR count). The highest BCUT2D eigenvalue weighted by atomic mass is 19.1. The molecule has 0 unspecified atom stereocenters. The highest BCUT2D eigenvalue weighted by molar-refractivity contribution is 5.67. The Kier molecular flexibility index (Phi) is 5.86. The molecule has 0 spiro atoms. The van der Waals surface area contributed by atoms with Gasteiger partial charge in [0.1, 0.15) is 12.4 Å². The first-order chi connectivity index (χ1) is 11.5. The summed E-state index contributed by atoms with van der Waals surface area (Å²) in [5.41, 5.74) is 0.626. The van der Waals surface area contributed by atoms with Crippen molar-refractivity contribution in [1.29, 1.82) is 0 Å². The minimum Gasteiger partial charge on any atom is -0.445 e. The smallest absolute Gasteiger partial charge is 0.408 e. The molecule has 0 aliphatic rings. The maximum Gasteiger partial charge on any atom is 0.408 e. The van der Waals surface area contributed by atoms with Crippen LogP contribution in [-0.2, 0) is 11.3 Å². The van der Waals surface area contributed by atoms with Gasteiger partial charge >= 0.3 is 6.09 Å². The van der Waals surface area contributed by atoms with Gasteiger partial charge in [-0.3, -0.25) is 10.1 Å². The van der Waals surface area contributed by atoms with Gasteiger partial charge in [0.15, 0.2) is 0 Å². The summed E-state index contributed by atoms with van der Waals surface area (Å²) in [6.07, 6.45) is -0.640. The predicted molar refractivity (Wildman–Crippen MR) is 84.6 cm³/mol. The van der Waals surface area contributed by atoms with Crippen molar-refractivity contribution in [3.63, 3.8) is 0 Å². The van der Waals surface area contributed by atoms with Crippen LogP contribution in [0.15, 0.2) is 48.5 Å². The first-order valence-electron chi connectivity index (χ1n) is 6.93. The lowest BCUT2D eigenvalue weighted by molar-refractivity contribution is -0.385. The number of hydrogen-bond acceptors (Lipinski definition) is 4. The number of benzene rings is 2. The molecule has 0 fully saturated rings. The zero-order chi connectivity index (χ0) is 17.4. The van der Waals surface area contributed by atoms with E-state index in [0.29, 0.717) is 0 Å². The van der Waals surface area contributed by atoms with Gasteiger partial charge in [-0.25, -0.2) is 9.18 Å². The van der Waals surface area contributed by atoms with E-state index in [0.717, 1.165) is 23.8 Å². The number of nitrogens with one attached hydrogen (secondary N) is 1. The van der Waals surface area contributed by atoms with E-state index in [-0.39, 0.29) is 24.4 Å². The number of non-ortho nitro benzene ring substituents is 1. The topological polar surface area (TPSA) is 81.5 Å². The Labute approximate surface area is 137 Å². The fourth-order valence-electron chi connectivity index (χ4n) is 1.79. The summed E-state index contributed by atoms with van der Waals surface area (Å²) in [5, 5.41) is 13.0. The Morgan fingerprint density at radius 1 is 1.25 bits per heavy atom. The quantitative estimate of drug-likeness (QED) is 0.531. The van der Waals surface area contributed by atoms with Crippen LogP contribution in [0, 0.1) is 27.8 Å². The second kappa shape index (κ2) is 8.29. The normalized spacial score (nSPS) is 9.54. The van der Waals surface area contributed by atoms with E-state index in [1.807, 2.05) is 30.3 Å². The van der Waals surface area contributed by atoms with E-state index in [9.17, 15) is 19.3 Å². The van der Waals surface area contributed by atoms with Crippen LogP contribution >= 0.6 is 0 Å². The maximum absolute atomic E-state index is 13.2. The molecule has 0 aliphatic heterocycles. The second-order valence-corrected chi connectivity index (χ2v) is 4.67. The molecule has 24 heavy (non-hydrogen) atoms. The van der Waals surface area contributed by atoms with Crippen molar-refractivity contribution in [2.24, 2.45) is 0 Å². The molecule has 1 amide bonds. The van der Waals surface area contributed by atoms with Gasteiger partial charge in [-0.15, -0.1) is 0 Å². The van der Waals surface area contributed by atoms with Crippen LogP contribution in [0.1, 0.15) is 11.1 Å². The standard InChI is InChI=1S/C17H13FN2O4/c18-15-9-14(10-16(11-15)20(22)23)7-4-8-19-17(21)24-12-13-5-2-1-3-6-13/h1-3,5-6,9-11H,8,12H2,(H,19,21). The van der Waals surface area contributed by atoms with Gasteiger partial charge in [0, 0.05) is 11.6 Å². The Morgan fingerprint density at radius 3 is 2.71 bits per heavy atom. The molecule has 0 radical (unpaired) electrons. The molecule has 7 heteroatoms. The van der Waals surface area contributed by atoms with Crippen LogP contribution in [-0.4, -0.2) is 17.6 Å². The van der Waals surface area contributed by atoms with E-state index in [1.165, 1.54) is 0 Å². The molecular formula is C17H13FN2O4. The Hall–Kier alpha value is -3.40. The maximum atomic E-state index is 13.2. The number of rotatable bonds is 4. The van der Waals surface area contributed by atoms with Crippen LogP contribution in [0.3, 0.4) is 0 Å². The number of nitro benzene ring substituents is 1. The van der Waals surface area contributed by atoms with E-state index >= 15 is 0 Å². The summed E-state index contributed by atoms with van der Waals surface area (Å²) in [6, 6.07) is 12.2. The van der Waals surface area contributed by atoms with Gasteiger partial charge in [0.25, 0.3) is 5.69 Å². The highest BCUT2D eigenvalue weighted by Crippen LogP contribution is 2.15. The third kappa shape index (κ3) is 5.42. The van der Waals surface area contributed by atoms with Gasteiger partial charge in [0.2, 0.25) is 0 Å². The molecule has 1 N–H and O–H groups in total. The molecule has 122 valence electrons. The molecule has 2 aromatic carbocycles. The number of hydrogen-bond donors (Lipinski definition) is 1. The molecule has 0 saturated carbocycles. The molecule has 0 bridgehead atoms. The van der Waals surface area contributed by atoms with Crippen molar-refractivity contribution >= 4 is 11.8 Å². The van der Waals surface area contributed by atoms with E-state index in [1.54, 1.807) is 0 Å². The zero-order valence-electron chi connectivity index (χ0n) is 12.5. The van der Waals surface area contributed by atoms with Crippen LogP contribution in [0.25, 0.3) is 0 Å². The Morgan fingerprint density at radius 2 is 2.00 bits per heavy atom. The lowest BCUT2D eigenvalue weighted by atomic mass is 10.2. The molecule has 0 aliphatic carbocycles. The molecule has 0 heterocycles. The summed E-state index contributed by atoms with van der Waals surface area (Å²) < 4.78 is 18.2. The first-order valence-corrected chi connectivity index (χ1v) is 6.93. The number of halogens is 1. The van der Waals surface area contributed by atoms with E-state index < -0.39 is 16.8 Å². The zero-order valence-corrected chi connectivity index (χ0v) is 12.5. The number of alkyl carbamates (subject to hydrolysis) is 1. The first kappa shape index (κ1) is 17.0. The highest BCUT2D eigenvalue weighted by Gasteiger charge is 2.08. The van der Waals surface area contributed by atoms with Crippen molar-refractivity contribution in [3.05, 3.63) is 75.6 Å². The monoisotopic (exact) mass is 328 g/mol. The van der Waals surface area contributed by atoms with Crippen molar-refractivity contribution in [2.75, 3.05) is 6.54 Å². The van der Waals surface area contributed by atoms with Crippen molar-refractivity contribution < 1.29 is 18.8 Å². The summed E-state index contributed by atoms with van der Waals surface area (Å²) in [7, 11) is 0. The number of carbonyl (C=O) groups excluding carboxylic acids is 1. The lowest BCUT2D eigenvalue weighted by Gasteiger charge is -2.04. The minimum absolute atomic E-state index is 0.0298. The molecule has 2 aromatic rings. The number of carbonyl (C=O) groups is 1. The number of nitro groups is 1. The summed E-state index contributed by atoms with van der Waals surface area (Å²) in [5.74, 6) is 4.37. The largest absolute Gasteiger partial charge is 0.445 e. The third-order valence-electron chi connectivity index (χ3n) is 2.86. The summed E-state index contributed by atoms with van der Waals surface area (Å²) in [4.78, 5) is 21.4. The van der Waals surface area contributed by atoms with Crippen molar-refractivity contribution in [3.8, 4) is 11.8 Å². The SMILES string of the molecule is O=C(NCC#Cc1cc(F)cc([N+](=O)[O-])c1)OCc1ccccc1. The van der Waals surface area contributed by atoms with Crippen LogP contribution in [0.5, 0.6) is 0 Å².